The third kappa shape index (κ3) is 4.90. The first-order valence-electron chi connectivity index (χ1n) is 8.38. The summed E-state index contributed by atoms with van der Waals surface area (Å²) < 4.78 is 23.4. The lowest BCUT2D eigenvalue weighted by atomic mass is 10.2. The predicted octanol–water partition coefficient (Wildman–Crippen LogP) is 5.43. The highest BCUT2D eigenvalue weighted by atomic mass is 35.5. The molecule has 1 N–H and O–H groups in total. The molecule has 0 radical (unpaired) electrons. The lowest BCUT2D eigenvalue weighted by Crippen LogP contribution is -2.10. The Morgan fingerprint density at radius 2 is 1.86 bits per heavy atom. The van der Waals surface area contributed by atoms with Gasteiger partial charge in [0.05, 0.1) is 4.90 Å². The minimum absolute atomic E-state index is 0.167. The summed E-state index contributed by atoms with van der Waals surface area (Å²) in [5.74, 6) is -0.332. The predicted molar refractivity (Wildman–Crippen MR) is 117 cm³/mol. The topological polar surface area (TPSA) is 63.2 Å². The number of thiophene rings is 1. The number of carbonyl (C=O) groups is 1. The van der Waals surface area contributed by atoms with E-state index in [2.05, 4.69) is 5.32 Å². The molecule has 0 aliphatic carbocycles. The van der Waals surface area contributed by atoms with Gasteiger partial charge in [-0.2, -0.15) is 0 Å². The monoisotopic (exact) mass is 431 g/mol. The normalized spacial score (nSPS) is 11.7. The highest BCUT2D eigenvalue weighted by Gasteiger charge is 2.11. The van der Waals surface area contributed by atoms with Crippen LogP contribution in [0, 0.1) is 6.92 Å². The van der Waals surface area contributed by atoms with Crippen molar-refractivity contribution in [2.24, 2.45) is 0 Å². The summed E-state index contributed by atoms with van der Waals surface area (Å²) in [5, 5.41) is 3.41. The maximum atomic E-state index is 12.3. The van der Waals surface area contributed by atoms with E-state index in [1.54, 1.807) is 19.1 Å². The number of hydrogen-bond donors (Lipinski definition) is 1. The van der Waals surface area contributed by atoms with Crippen molar-refractivity contribution >= 4 is 50.4 Å². The molecule has 0 saturated heterocycles. The first-order chi connectivity index (χ1) is 13.2. The maximum absolute atomic E-state index is 12.3. The van der Waals surface area contributed by atoms with E-state index < -0.39 is 9.84 Å². The molecule has 0 atom stereocenters. The van der Waals surface area contributed by atoms with Gasteiger partial charge in [0.15, 0.2) is 9.84 Å². The fourth-order valence-corrected chi connectivity index (χ4v) is 4.44. The molecular weight excluding hydrogens is 414 g/mol. The zero-order chi connectivity index (χ0) is 20.3. The Hall–Kier alpha value is -2.41. The van der Waals surface area contributed by atoms with Crippen LogP contribution in [0.25, 0.3) is 16.5 Å². The van der Waals surface area contributed by atoms with Gasteiger partial charge in [-0.3, -0.25) is 4.79 Å². The van der Waals surface area contributed by atoms with E-state index in [0.29, 0.717) is 10.7 Å². The zero-order valence-corrected chi connectivity index (χ0v) is 17.7. The van der Waals surface area contributed by atoms with Crippen LogP contribution in [-0.4, -0.2) is 20.6 Å². The maximum Gasteiger partial charge on any atom is 0.248 e. The van der Waals surface area contributed by atoms with Crippen molar-refractivity contribution in [3.8, 4) is 10.4 Å². The van der Waals surface area contributed by atoms with Gasteiger partial charge in [-0.05, 0) is 48.9 Å². The summed E-state index contributed by atoms with van der Waals surface area (Å²) in [6, 6.07) is 16.1. The van der Waals surface area contributed by atoms with Crippen LogP contribution in [0.2, 0.25) is 5.02 Å². The average molecular weight is 432 g/mol. The summed E-state index contributed by atoms with van der Waals surface area (Å²) >= 11 is 7.75. The van der Waals surface area contributed by atoms with Gasteiger partial charge in [-0.25, -0.2) is 8.42 Å². The molecule has 3 aromatic rings. The lowest BCUT2D eigenvalue weighted by Gasteiger charge is -2.08. The number of benzene rings is 2. The van der Waals surface area contributed by atoms with Crippen molar-refractivity contribution in [2.75, 3.05) is 11.6 Å². The molecular formula is C21H18ClNO3S2. The van der Waals surface area contributed by atoms with E-state index in [1.165, 1.54) is 29.5 Å². The number of sulfone groups is 1. The Bertz CT molecular complexity index is 1160. The molecule has 0 bridgehead atoms. The summed E-state index contributed by atoms with van der Waals surface area (Å²) in [7, 11) is -3.34. The molecule has 1 heterocycles. The Labute approximate surface area is 173 Å². The van der Waals surface area contributed by atoms with E-state index in [0.717, 1.165) is 27.1 Å². The highest BCUT2D eigenvalue weighted by Crippen LogP contribution is 2.33. The van der Waals surface area contributed by atoms with E-state index in [-0.39, 0.29) is 10.8 Å². The van der Waals surface area contributed by atoms with Crippen molar-refractivity contribution in [1.82, 2.24) is 0 Å². The lowest BCUT2D eigenvalue weighted by molar-refractivity contribution is -0.111. The molecule has 3 rings (SSSR count). The summed E-state index contributed by atoms with van der Waals surface area (Å²) in [4.78, 5) is 14.4. The van der Waals surface area contributed by atoms with Crippen LogP contribution in [0.3, 0.4) is 0 Å². The summed E-state index contributed by atoms with van der Waals surface area (Å²) in [5.41, 5.74) is 2.21. The van der Waals surface area contributed by atoms with Crippen LogP contribution in [0.5, 0.6) is 0 Å². The molecule has 2 aromatic carbocycles. The number of amides is 1. The van der Waals surface area contributed by atoms with E-state index in [4.69, 9.17) is 11.6 Å². The van der Waals surface area contributed by atoms with Crippen molar-refractivity contribution in [3.05, 3.63) is 76.1 Å². The van der Waals surface area contributed by atoms with Gasteiger partial charge in [-0.15, -0.1) is 11.3 Å². The molecule has 4 nitrogen and oxygen atoms in total. The molecule has 0 spiro atoms. The summed E-state index contributed by atoms with van der Waals surface area (Å²) in [6.45, 7) is 1.81. The largest absolute Gasteiger partial charge is 0.322 e. The second kappa shape index (κ2) is 8.31. The molecule has 0 aliphatic rings. The molecule has 0 saturated carbocycles. The number of carbonyl (C=O) groups excluding carboxylic acids is 1. The third-order valence-electron chi connectivity index (χ3n) is 4.06. The van der Waals surface area contributed by atoms with Crippen LogP contribution in [0.15, 0.2) is 65.6 Å². The molecule has 0 aliphatic heterocycles. The first kappa shape index (κ1) is 20.3. The SMILES string of the molecule is Cc1ccc(S(C)(=O)=O)cc1NC(=O)C=Cc1ccc(-c2ccccc2Cl)s1. The van der Waals surface area contributed by atoms with E-state index >= 15 is 0 Å². The Kier molecular flexibility index (Phi) is 6.03. The molecule has 0 unspecified atom stereocenters. The Morgan fingerprint density at radius 3 is 2.57 bits per heavy atom. The van der Waals surface area contributed by atoms with Gasteiger partial charge in [0.25, 0.3) is 0 Å². The zero-order valence-electron chi connectivity index (χ0n) is 15.3. The first-order valence-corrected chi connectivity index (χ1v) is 11.5. The van der Waals surface area contributed by atoms with Crippen molar-refractivity contribution < 1.29 is 13.2 Å². The average Bonchev–Trinajstić information content (AvgIpc) is 3.10. The Balaban J connectivity index is 1.74. The molecule has 144 valence electrons. The van der Waals surface area contributed by atoms with Crippen molar-refractivity contribution in [1.29, 1.82) is 0 Å². The van der Waals surface area contributed by atoms with Crippen LogP contribution in [0.4, 0.5) is 5.69 Å². The smallest absolute Gasteiger partial charge is 0.248 e. The van der Waals surface area contributed by atoms with E-state index in [9.17, 15) is 13.2 Å². The van der Waals surface area contributed by atoms with Crippen molar-refractivity contribution in [2.45, 2.75) is 11.8 Å². The third-order valence-corrected chi connectivity index (χ3v) is 6.58. The number of hydrogen-bond acceptors (Lipinski definition) is 4. The van der Waals surface area contributed by atoms with Crippen LogP contribution in [-0.2, 0) is 14.6 Å². The van der Waals surface area contributed by atoms with Gasteiger partial charge >= 0.3 is 0 Å². The molecule has 7 heteroatoms. The second-order valence-corrected chi connectivity index (χ2v) is 9.79. The van der Waals surface area contributed by atoms with Crippen molar-refractivity contribution in [3.63, 3.8) is 0 Å². The molecule has 1 amide bonds. The number of halogens is 1. The number of nitrogens with one attached hydrogen (secondary N) is 1. The fraction of sp³-hybridized carbons (Fsp3) is 0.0952. The minimum Gasteiger partial charge on any atom is -0.322 e. The molecule has 28 heavy (non-hydrogen) atoms. The number of aryl methyl sites for hydroxylation is 1. The quantitative estimate of drug-likeness (QED) is 0.547. The second-order valence-electron chi connectivity index (χ2n) is 6.25. The van der Waals surface area contributed by atoms with Crippen LogP contribution in [0.1, 0.15) is 10.4 Å². The standard InChI is InChI=1S/C21H18ClNO3S2/c1-14-7-10-16(28(2,25)26)13-19(14)23-21(24)12-9-15-8-11-20(27-15)17-5-3-4-6-18(17)22/h3-13H,1-2H3,(H,23,24). The van der Waals surface area contributed by atoms with Gasteiger partial charge in [0.2, 0.25) is 5.91 Å². The molecule has 0 fully saturated rings. The van der Waals surface area contributed by atoms with Gasteiger partial charge in [-0.1, -0.05) is 35.9 Å². The number of rotatable bonds is 5. The van der Waals surface area contributed by atoms with Gasteiger partial charge < -0.3 is 5.32 Å². The van der Waals surface area contributed by atoms with Gasteiger partial charge in [0, 0.05) is 38.4 Å². The molecule has 1 aromatic heterocycles. The number of anilines is 1. The highest BCUT2D eigenvalue weighted by molar-refractivity contribution is 7.90. The van der Waals surface area contributed by atoms with E-state index in [1.807, 2.05) is 36.4 Å². The fourth-order valence-electron chi connectivity index (χ4n) is 2.55. The summed E-state index contributed by atoms with van der Waals surface area (Å²) in [6.07, 6.45) is 4.28. The Morgan fingerprint density at radius 1 is 1.11 bits per heavy atom. The minimum atomic E-state index is -3.34. The van der Waals surface area contributed by atoms with Crippen LogP contribution >= 0.6 is 22.9 Å². The van der Waals surface area contributed by atoms with Gasteiger partial charge in [0.1, 0.15) is 0 Å². The van der Waals surface area contributed by atoms with Crippen LogP contribution < -0.4 is 5.32 Å².